The molecule has 1 aromatic heterocycles. The van der Waals surface area contributed by atoms with Gasteiger partial charge in [-0.15, -0.1) is 0 Å². The van der Waals surface area contributed by atoms with E-state index >= 15 is 0 Å². The van der Waals surface area contributed by atoms with Gasteiger partial charge in [-0.25, -0.2) is 18.7 Å². The molecule has 0 atom stereocenters. The van der Waals surface area contributed by atoms with Gasteiger partial charge in [-0.2, -0.15) is 0 Å². The predicted molar refractivity (Wildman–Crippen MR) is 82.6 cm³/mol. The van der Waals surface area contributed by atoms with E-state index in [1.165, 1.54) is 6.07 Å². The molecule has 6 heteroatoms. The molecule has 0 saturated carbocycles. The topological polar surface area (TPSA) is 25.8 Å². The van der Waals surface area contributed by atoms with Crippen LogP contribution in [0.25, 0.3) is 22.3 Å². The SMILES string of the molecule is Fc1ccc(-c2nc(Cl)c3cc(I)ccc3n2)c(F)c1. The van der Waals surface area contributed by atoms with Gasteiger partial charge in [-0.05, 0) is 52.9 Å². The number of rotatable bonds is 1. The lowest BCUT2D eigenvalue weighted by atomic mass is 10.2. The molecule has 2 nitrogen and oxygen atoms in total. The summed E-state index contributed by atoms with van der Waals surface area (Å²) in [5.41, 5.74) is 0.734. The molecule has 3 aromatic rings. The minimum atomic E-state index is -0.717. The van der Waals surface area contributed by atoms with Gasteiger partial charge in [0.2, 0.25) is 0 Å². The van der Waals surface area contributed by atoms with Gasteiger partial charge >= 0.3 is 0 Å². The van der Waals surface area contributed by atoms with E-state index in [0.717, 1.165) is 15.7 Å². The molecule has 2 aromatic carbocycles. The van der Waals surface area contributed by atoms with E-state index < -0.39 is 11.6 Å². The van der Waals surface area contributed by atoms with Gasteiger partial charge in [0.25, 0.3) is 0 Å². The number of nitrogens with zero attached hydrogens (tertiary/aromatic N) is 2. The van der Waals surface area contributed by atoms with E-state index in [2.05, 4.69) is 32.6 Å². The van der Waals surface area contributed by atoms with Crippen molar-refractivity contribution in [2.75, 3.05) is 0 Å². The Balaban J connectivity index is 2.24. The lowest BCUT2D eigenvalue weighted by molar-refractivity contribution is 0.585. The van der Waals surface area contributed by atoms with Crippen LogP contribution in [0.5, 0.6) is 0 Å². The summed E-state index contributed by atoms with van der Waals surface area (Å²) in [6.07, 6.45) is 0. The first kappa shape index (κ1) is 13.6. The number of hydrogen-bond acceptors (Lipinski definition) is 2. The first-order chi connectivity index (χ1) is 9.54. The fraction of sp³-hybridized carbons (Fsp3) is 0. The molecule has 0 N–H and O–H groups in total. The highest BCUT2D eigenvalue weighted by molar-refractivity contribution is 14.1. The van der Waals surface area contributed by atoms with Crippen molar-refractivity contribution in [3.05, 3.63) is 56.8 Å². The van der Waals surface area contributed by atoms with Crippen LogP contribution in [-0.2, 0) is 0 Å². The van der Waals surface area contributed by atoms with Crippen LogP contribution in [0.1, 0.15) is 0 Å². The lowest BCUT2D eigenvalue weighted by Crippen LogP contribution is -1.95. The smallest absolute Gasteiger partial charge is 0.164 e. The summed E-state index contributed by atoms with van der Waals surface area (Å²) in [5, 5.41) is 0.942. The van der Waals surface area contributed by atoms with Crippen molar-refractivity contribution in [1.29, 1.82) is 0 Å². The van der Waals surface area contributed by atoms with Crippen LogP contribution < -0.4 is 0 Å². The predicted octanol–water partition coefficient (Wildman–Crippen LogP) is 4.83. The summed E-state index contributed by atoms with van der Waals surface area (Å²) >= 11 is 8.27. The Labute approximate surface area is 132 Å². The van der Waals surface area contributed by atoms with Crippen LogP contribution >= 0.6 is 34.2 Å². The van der Waals surface area contributed by atoms with Crippen LogP contribution in [0.3, 0.4) is 0 Å². The van der Waals surface area contributed by atoms with Gasteiger partial charge in [0.15, 0.2) is 5.82 Å². The first-order valence-corrected chi connectivity index (χ1v) is 7.08. The first-order valence-electron chi connectivity index (χ1n) is 5.63. The average Bonchev–Trinajstić information content (AvgIpc) is 2.39. The molecule has 1 heterocycles. The van der Waals surface area contributed by atoms with E-state index in [4.69, 9.17) is 11.6 Å². The molecular formula is C14H6ClF2IN2. The van der Waals surface area contributed by atoms with E-state index in [1.807, 2.05) is 12.1 Å². The van der Waals surface area contributed by atoms with Crippen molar-refractivity contribution in [2.24, 2.45) is 0 Å². The summed E-state index contributed by atoms with van der Waals surface area (Å²) in [4.78, 5) is 8.37. The molecule has 0 bridgehead atoms. The minimum Gasteiger partial charge on any atom is -0.228 e. The van der Waals surface area contributed by atoms with Crippen molar-refractivity contribution in [3.63, 3.8) is 0 Å². The molecule has 0 unspecified atom stereocenters. The van der Waals surface area contributed by atoms with Crippen LogP contribution in [0, 0.1) is 15.2 Å². The maximum absolute atomic E-state index is 13.8. The largest absolute Gasteiger partial charge is 0.228 e. The lowest BCUT2D eigenvalue weighted by Gasteiger charge is -2.06. The fourth-order valence-electron chi connectivity index (χ4n) is 1.85. The summed E-state index contributed by atoms with van der Waals surface area (Å²) < 4.78 is 27.7. The van der Waals surface area contributed by atoms with Gasteiger partial charge in [-0.1, -0.05) is 11.6 Å². The normalized spacial score (nSPS) is 11.0. The molecule has 100 valence electrons. The van der Waals surface area contributed by atoms with Crippen LogP contribution in [-0.4, -0.2) is 9.97 Å². The van der Waals surface area contributed by atoms with Crippen molar-refractivity contribution in [2.45, 2.75) is 0 Å². The third kappa shape index (κ3) is 2.47. The summed E-state index contributed by atoms with van der Waals surface area (Å²) in [6.45, 7) is 0. The number of hydrogen-bond donors (Lipinski definition) is 0. The zero-order valence-corrected chi connectivity index (χ0v) is 12.8. The van der Waals surface area contributed by atoms with E-state index in [1.54, 1.807) is 6.07 Å². The van der Waals surface area contributed by atoms with Crippen molar-refractivity contribution >= 4 is 45.1 Å². The third-order valence-corrected chi connectivity index (χ3v) is 3.74. The van der Waals surface area contributed by atoms with Crippen molar-refractivity contribution in [1.82, 2.24) is 9.97 Å². The van der Waals surface area contributed by atoms with Gasteiger partial charge < -0.3 is 0 Å². The Morgan fingerprint density at radius 3 is 2.55 bits per heavy atom. The molecule has 20 heavy (non-hydrogen) atoms. The number of benzene rings is 2. The highest BCUT2D eigenvalue weighted by Gasteiger charge is 2.12. The number of halogens is 4. The highest BCUT2D eigenvalue weighted by atomic mass is 127. The Hall–Kier alpha value is -1.34. The van der Waals surface area contributed by atoms with Crippen LogP contribution in [0.4, 0.5) is 8.78 Å². The highest BCUT2D eigenvalue weighted by Crippen LogP contribution is 2.27. The Morgan fingerprint density at radius 1 is 1.00 bits per heavy atom. The zero-order chi connectivity index (χ0) is 14.3. The summed E-state index contributed by atoms with van der Waals surface area (Å²) in [7, 11) is 0. The second kappa shape index (κ2) is 5.21. The van der Waals surface area contributed by atoms with Gasteiger partial charge in [-0.3, -0.25) is 0 Å². The van der Waals surface area contributed by atoms with Crippen molar-refractivity contribution < 1.29 is 8.78 Å². The van der Waals surface area contributed by atoms with E-state index in [9.17, 15) is 8.78 Å². The van der Waals surface area contributed by atoms with E-state index in [-0.39, 0.29) is 16.5 Å². The zero-order valence-electron chi connectivity index (χ0n) is 9.87. The third-order valence-electron chi connectivity index (χ3n) is 2.78. The molecular weight excluding hydrogens is 397 g/mol. The molecule has 0 fully saturated rings. The quantitative estimate of drug-likeness (QED) is 0.430. The molecule has 0 saturated heterocycles. The Kier molecular flexibility index (Phi) is 3.55. The molecule has 3 rings (SSSR count). The van der Waals surface area contributed by atoms with Gasteiger partial charge in [0.05, 0.1) is 11.1 Å². The second-order valence-electron chi connectivity index (χ2n) is 4.12. The standard InChI is InChI=1S/C14H6ClF2IN2/c15-13-10-6-8(18)2-4-12(10)19-14(20-13)9-3-1-7(16)5-11(9)17/h1-6H. The molecule has 0 aliphatic rings. The van der Waals surface area contributed by atoms with Crippen LogP contribution in [0.15, 0.2) is 36.4 Å². The monoisotopic (exact) mass is 402 g/mol. The number of aromatic nitrogens is 2. The average molecular weight is 403 g/mol. The Bertz CT molecular complexity index is 824. The summed E-state index contributed by atoms with van der Waals surface area (Å²) in [5.74, 6) is -1.22. The fourth-order valence-corrected chi connectivity index (χ4v) is 2.58. The molecule has 0 aliphatic heterocycles. The summed E-state index contributed by atoms with van der Waals surface area (Å²) in [6, 6.07) is 8.77. The molecule has 0 amide bonds. The van der Waals surface area contributed by atoms with E-state index in [0.29, 0.717) is 10.9 Å². The van der Waals surface area contributed by atoms with Gasteiger partial charge in [0.1, 0.15) is 16.8 Å². The van der Waals surface area contributed by atoms with Crippen molar-refractivity contribution in [3.8, 4) is 11.4 Å². The van der Waals surface area contributed by atoms with Gasteiger partial charge in [0, 0.05) is 15.0 Å². The number of fused-ring (bicyclic) bond motifs is 1. The maximum Gasteiger partial charge on any atom is 0.164 e. The second-order valence-corrected chi connectivity index (χ2v) is 5.73. The Morgan fingerprint density at radius 2 is 1.80 bits per heavy atom. The molecule has 0 spiro atoms. The molecule has 0 aliphatic carbocycles. The molecule has 0 radical (unpaired) electrons. The van der Waals surface area contributed by atoms with Crippen LogP contribution in [0.2, 0.25) is 5.15 Å². The minimum absolute atomic E-state index is 0.119. The maximum atomic E-state index is 13.8.